The van der Waals surface area contributed by atoms with Crippen molar-refractivity contribution in [3.8, 4) is 0 Å². The van der Waals surface area contributed by atoms with E-state index < -0.39 is 0 Å². The van der Waals surface area contributed by atoms with Crippen molar-refractivity contribution in [2.75, 3.05) is 27.4 Å². The van der Waals surface area contributed by atoms with Crippen LogP contribution >= 0.6 is 0 Å². The summed E-state index contributed by atoms with van der Waals surface area (Å²) in [6.07, 6.45) is 3.30. The average Bonchev–Trinajstić information content (AvgIpc) is 2.31. The molecule has 0 spiro atoms. The molecule has 0 aromatic rings. The number of nitrogens with one attached hydrogen (secondary N) is 1. The molecule has 0 aliphatic heterocycles. The Hall–Kier alpha value is -0.120. The first-order valence-electron chi connectivity index (χ1n) is 6.74. The van der Waals surface area contributed by atoms with Gasteiger partial charge >= 0.3 is 0 Å². The van der Waals surface area contributed by atoms with Crippen LogP contribution in [0.15, 0.2) is 0 Å². The Morgan fingerprint density at radius 2 is 1.88 bits per heavy atom. The van der Waals surface area contributed by atoms with Crippen LogP contribution in [0.2, 0.25) is 0 Å². The van der Waals surface area contributed by atoms with Crippen molar-refractivity contribution in [2.24, 2.45) is 5.92 Å². The molecule has 0 bridgehead atoms. The van der Waals surface area contributed by atoms with Crippen LogP contribution in [0.4, 0.5) is 0 Å². The van der Waals surface area contributed by atoms with Crippen molar-refractivity contribution in [3.05, 3.63) is 0 Å². The smallest absolute Gasteiger partial charge is 0.0637 e. The maximum atomic E-state index is 5.53. The van der Waals surface area contributed by atoms with E-state index in [-0.39, 0.29) is 5.60 Å². The zero-order valence-corrected chi connectivity index (χ0v) is 12.5. The predicted molar refractivity (Wildman–Crippen MR) is 73.4 cm³/mol. The van der Waals surface area contributed by atoms with Crippen LogP contribution in [0.1, 0.15) is 47.0 Å². The second kappa shape index (κ2) is 8.90. The highest BCUT2D eigenvalue weighted by Gasteiger charge is 2.26. The summed E-state index contributed by atoms with van der Waals surface area (Å²) in [5, 5.41) is 3.63. The Labute approximate surface area is 107 Å². The Kier molecular flexibility index (Phi) is 8.83. The Morgan fingerprint density at radius 3 is 2.35 bits per heavy atom. The van der Waals surface area contributed by atoms with Crippen molar-refractivity contribution in [2.45, 2.75) is 58.6 Å². The normalized spacial score (nSPS) is 15.9. The summed E-state index contributed by atoms with van der Waals surface area (Å²) in [5.74, 6) is 0.607. The molecule has 0 amide bonds. The standard InChI is InChI=1S/C14H31NO2/c1-7-9-15-13(11-14(3,4)17-6)12(2)8-10-16-5/h12-13,15H,7-11H2,1-6H3. The Morgan fingerprint density at radius 1 is 1.24 bits per heavy atom. The van der Waals surface area contributed by atoms with Crippen LogP contribution in [-0.4, -0.2) is 39.0 Å². The number of hydrogen-bond donors (Lipinski definition) is 1. The predicted octanol–water partition coefficient (Wildman–Crippen LogP) is 2.84. The molecule has 0 aliphatic rings. The van der Waals surface area contributed by atoms with Gasteiger partial charge in [0.1, 0.15) is 0 Å². The van der Waals surface area contributed by atoms with Crippen molar-refractivity contribution >= 4 is 0 Å². The van der Waals surface area contributed by atoms with Crippen molar-refractivity contribution < 1.29 is 9.47 Å². The highest BCUT2D eigenvalue weighted by molar-refractivity contribution is 4.82. The van der Waals surface area contributed by atoms with Gasteiger partial charge in [0.25, 0.3) is 0 Å². The highest BCUT2D eigenvalue weighted by atomic mass is 16.5. The van der Waals surface area contributed by atoms with E-state index in [0.717, 1.165) is 26.0 Å². The zero-order valence-electron chi connectivity index (χ0n) is 12.5. The van der Waals surface area contributed by atoms with Crippen LogP contribution in [0.25, 0.3) is 0 Å². The van der Waals surface area contributed by atoms with E-state index in [1.807, 2.05) is 0 Å². The molecule has 104 valence electrons. The fraction of sp³-hybridized carbons (Fsp3) is 1.00. The van der Waals surface area contributed by atoms with Gasteiger partial charge in [0, 0.05) is 26.9 Å². The molecule has 0 saturated heterocycles. The van der Waals surface area contributed by atoms with E-state index in [0.29, 0.717) is 12.0 Å². The summed E-state index contributed by atoms with van der Waals surface area (Å²) >= 11 is 0. The average molecular weight is 245 g/mol. The van der Waals surface area contributed by atoms with Gasteiger partial charge in [-0.2, -0.15) is 0 Å². The molecule has 0 fully saturated rings. The van der Waals surface area contributed by atoms with Crippen molar-refractivity contribution in [1.82, 2.24) is 5.32 Å². The molecule has 2 atom stereocenters. The molecule has 0 heterocycles. The van der Waals surface area contributed by atoms with Gasteiger partial charge in [0.2, 0.25) is 0 Å². The minimum atomic E-state index is -0.0628. The van der Waals surface area contributed by atoms with Gasteiger partial charge in [-0.05, 0) is 45.6 Å². The van der Waals surface area contributed by atoms with E-state index in [1.54, 1.807) is 14.2 Å². The molecular formula is C14H31NO2. The van der Waals surface area contributed by atoms with Crippen LogP contribution in [0.5, 0.6) is 0 Å². The lowest BCUT2D eigenvalue weighted by Gasteiger charge is -2.32. The van der Waals surface area contributed by atoms with E-state index in [4.69, 9.17) is 9.47 Å². The first-order valence-corrected chi connectivity index (χ1v) is 6.74. The van der Waals surface area contributed by atoms with E-state index >= 15 is 0 Å². The van der Waals surface area contributed by atoms with Crippen LogP contribution in [0.3, 0.4) is 0 Å². The van der Waals surface area contributed by atoms with Gasteiger partial charge < -0.3 is 14.8 Å². The number of rotatable bonds is 10. The first kappa shape index (κ1) is 16.9. The molecule has 1 N–H and O–H groups in total. The quantitative estimate of drug-likeness (QED) is 0.642. The number of methoxy groups -OCH3 is 2. The second-order valence-corrected chi connectivity index (χ2v) is 5.49. The van der Waals surface area contributed by atoms with E-state index in [9.17, 15) is 0 Å². The van der Waals surface area contributed by atoms with E-state index in [2.05, 4.69) is 33.0 Å². The van der Waals surface area contributed by atoms with Crippen LogP contribution in [-0.2, 0) is 9.47 Å². The molecule has 3 heteroatoms. The zero-order chi connectivity index (χ0) is 13.3. The summed E-state index contributed by atoms with van der Waals surface area (Å²) in [6.45, 7) is 10.7. The van der Waals surface area contributed by atoms with E-state index in [1.165, 1.54) is 6.42 Å². The molecule has 0 aliphatic carbocycles. The van der Waals surface area contributed by atoms with Gasteiger partial charge in [0.05, 0.1) is 5.60 Å². The third kappa shape index (κ3) is 7.74. The summed E-state index contributed by atoms with van der Waals surface area (Å²) in [7, 11) is 3.55. The molecule has 0 radical (unpaired) electrons. The molecule has 17 heavy (non-hydrogen) atoms. The number of ether oxygens (including phenoxy) is 2. The molecular weight excluding hydrogens is 214 g/mol. The summed E-state index contributed by atoms with van der Waals surface area (Å²) in [4.78, 5) is 0. The molecule has 0 aromatic heterocycles. The summed E-state index contributed by atoms with van der Waals surface area (Å²) in [5.41, 5.74) is -0.0628. The van der Waals surface area contributed by atoms with Crippen LogP contribution in [0, 0.1) is 5.92 Å². The Balaban J connectivity index is 4.30. The lowest BCUT2D eigenvalue weighted by Crippen LogP contribution is -2.42. The summed E-state index contributed by atoms with van der Waals surface area (Å²) < 4.78 is 10.7. The summed E-state index contributed by atoms with van der Waals surface area (Å²) in [6, 6.07) is 0.500. The monoisotopic (exact) mass is 245 g/mol. The molecule has 0 saturated carbocycles. The molecule has 0 rings (SSSR count). The third-order valence-electron chi connectivity index (χ3n) is 3.38. The highest BCUT2D eigenvalue weighted by Crippen LogP contribution is 2.21. The molecule has 0 aromatic carbocycles. The number of hydrogen-bond acceptors (Lipinski definition) is 3. The van der Waals surface area contributed by atoms with Gasteiger partial charge in [-0.1, -0.05) is 13.8 Å². The topological polar surface area (TPSA) is 30.5 Å². The van der Waals surface area contributed by atoms with Gasteiger partial charge in [0.15, 0.2) is 0 Å². The van der Waals surface area contributed by atoms with Gasteiger partial charge in [-0.15, -0.1) is 0 Å². The van der Waals surface area contributed by atoms with Gasteiger partial charge in [-0.25, -0.2) is 0 Å². The van der Waals surface area contributed by atoms with Crippen molar-refractivity contribution in [1.29, 1.82) is 0 Å². The maximum Gasteiger partial charge on any atom is 0.0637 e. The third-order valence-corrected chi connectivity index (χ3v) is 3.38. The molecule has 2 unspecified atom stereocenters. The lowest BCUT2D eigenvalue weighted by molar-refractivity contribution is 0.000757. The fourth-order valence-electron chi connectivity index (χ4n) is 1.92. The minimum absolute atomic E-state index is 0.0628. The first-order chi connectivity index (χ1) is 7.96. The molecule has 3 nitrogen and oxygen atoms in total. The van der Waals surface area contributed by atoms with Crippen LogP contribution < -0.4 is 5.32 Å². The lowest BCUT2D eigenvalue weighted by atomic mass is 9.88. The second-order valence-electron chi connectivity index (χ2n) is 5.49. The largest absolute Gasteiger partial charge is 0.385 e. The Bertz CT molecular complexity index is 183. The SMILES string of the molecule is CCCNC(CC(C)(C)OC)C(C)CCOC. The van der Waals surface area contributed by atoms with Gasteiger partial charge in [-0.3, -0.25) is 0 Å². The van der Waals surface area contributed by atoms with Crippen molar-refractivity contribution in [3.63, 3.8) is 0 Å². The maximum absolute atomic E-state index is 5.53. The fourth-order valence-corrected chi connectivity index (χ4v) is 1.92. The minimum Gasteiger partial charge on any atom is -0.385 e.